The molecule has 0 aliphatic heterocycles. The van der Waals surface area contributed by atoms with E-state index < -0.39 is 11.4 Å². The first-order chi connectivity index (χ1) is 10.8. The zero-order valence-corrected chi connectivity index (χ0v) is 12.5. The van der Waals surface area contributed by atoms with E-state index in [2.05, 4.69) is 4.98 Å². The summed E-state index contributed by atoms with van der Waals surface area (Å²) in [5, 5.41) is 0. The van der Waals surface area contributed by atoms with Crippen molar-refractivity contribution in [3.63, 3.8) is 0 Å². The third-order valence-corrected chi connectivity index (χ3v) is 3.91. The Morgan fingerprint density at radius 3 is 2.05 bits per heavy atom. The number of nitrogens with zero attached hydrogens (tertiary/aromatic N) is 3. The molecule has 112 valence electrons. The molecule has 4 nitrogen and oxygen atoms in total. The molecule has 0 saturated carbocycles. The maximum absolute atomic E-state index is 13.2. The Balaban J connectivity index is 1.99. The molecular weight excluding hydrogens is 301 g/mol. The molecule has 1 atom stereocenters. The van der Waals surface area contributed by atoms with Crippen LogP contribution in [0, 0.1) is 0 Å². The van der Waals surface area contributed by atoms with Crippen LogP contribution in [0.5, 0.6) is 0 Å². The zero-order valence-electron chi connectivity index (χ0n) is 11.7. The molecule has 2 aromatic carbocycles. The first-order valence-corrected chi connectivity index (χ1v) is 7.75. The monoisotopic (exact) mass is 315 g/mol. The van der Waals surface area contributed by atoms with Gasteiger partial charge in [0.1, 0.15) is 5.82 Å². The maximum atomic E-state index is 13.2. The van der Waals surface area contributed by atoms with Crippen LogP contribution in [-0.4, -0.2) is 13.2 Å². The Kier molecular flexibility index (Phi) is 4.29. The van der Waals surface area contributed by atoms with Crippen LogP contribution in [0.4, 0.5) is 15.3 Å². The van der Waals surface area contributed by atoms with Gasteiger partial charge in [0.2, 0.25) is 0 Å². The van der Waals surface area contributed by atoms with Gasteiger partial charge in [0, 0.05) is 23.8 Å². The number of aromatic nitrogens is 2. The first-order valence-electron chi connectivity index (χ1n) is 6.74. The fraction of sp³-hybridized carbons (Fsp3) is 0.0625. The Morgan fingerprint density at radius 2 is 1.55 bits per heavy atom. The lowest BCUT2D eigenvalue weighted by molar-refractivity contribution is 0.636. The summed E-state index contributed by atoms with van der Waals surface area (Å²) in [5.41, 5.74) is 1.90. The summed E-state index contributed by atoms with van der Waals surface area (Å²) >= 11 is -2.61. The average molecular weight is 315 g/mol. The highest BCUT2D eigenvalue weighted by Crippen LogP contribution is 2.26. The number of para-hydroxylation sites is 2. The van der Waals surface area contributed by atoms with E-state index in [1.165, 1.54) is 12.4 Å². The van der Waals surface area contributed by atoms with Crippen molar-refractivity contribution in [3.05, 3.63) is 78.9 Å². The third kappa shape index (κ3) is 3.07. The number of anilines is 2. The molecule has 0 aliphatic rings. The standard InChI is InChI=1S/C16H14FN3OS/c17-22(21)20-12-11-18-16(20)13-19(14-7-3-1-4-8-14)15-9-5-2-6-10-15/h1-12H,13H2. The van der Waals surface area contributed by atoms with Gasteiger partial charge in [-0.3, -0.25) is 0 Å². The highest BCUT2D eigenvalue weighted by Gasteiger charge is 2.15. The van der Waals surface area contributed by atoms with Crippen molar-refractivity contribution in [1.29, 1.82) is 0 Å². The Hall–Kier alpha value is -2.47. The molecule has 3 aromatic rings. The second-order valence-electron chi connectivity index (χ2n) is 4.63. The largest absolute Gasteiger partial charge is 0.334 e. The molecule has 0 amide bonds. The van der Waals surface area contributed by atoms with Gasteiger partial charge in [-0.05, 0) is 24.3 Å². The predicted molar refractivity (Wildman–Crippen MR) is 85.6 cm³/mol. The smallest absolute Gasteiger partial charge is 0.309 e. The van der Waals surface area contributed by atoms with E-state index in [1.54, 1.807) is 0 Å². The van der Waals surface area contributed by atoms with E-state index in [1.807, 2.05) is 65.6 Å². The molecule has 0 radical (unpaired) electrons. The molecule has 0 N–H and O–H groups in total. The van der Waals surface area contributed by atoms with Crippen molar-refractivity contribution in [2.75, 3.05) is 4.90 Å². The van der Waals surface area contributed by atoms with Crippen molar-refractivity contribution >= 4 is 22.7 Å². The Morgan fingerprint density at radius 1 is 1.00 bits per heavy atom. The Bertz CT molecular complexity index is 722. The van der Waals surface area contributed by atoms with Crippen LogP contribution >= 0.6 is 0 Å². The summed E-state index contributed by atoms with van der Waals surface area (Å²) in [6.45, 7) is 0.316. The SMILES string of the molecule is O=S(F)n1ccnc1CN(c1ccccc1)c1ccccc1. The molecule has 6 heteroatoms. The fourth-order valence-electron chi connectivity index (χ4n) is 2.25. The number of imidazole rings is 1. The van der Waals surface area contributed by atoms with E-state index >= 15 is 0 Å². The number of hydrogen-bond acceptors (Lipinski definition) is 3. The minimum atomic E-state index is -2.61. The number of hydrogen-bond donors (Lipinski definition) is 0. The van der Waals surface area contributed by atoms with Crippen LogP contribution in [0.2, 0.25) is 0 Å². The zero-order chi connectivity index (χ0) is 15.4. The van der Waals surface area contributed by atoms with Crippen LogP contribution in [-0.2, 0) is 17.9 Å². The average Bonchev–Trinajstić information content (AvgIpc) is 3.03. The molecular formula is C16H14FN3OS. The molecule has 3 rings (SSSR count). The van der Waals surface area contributed by atoms with Gasteiger partial charge in [0.25, 0.3) is 0 Å². The minimum Gasteiger partial charge on any atom is -0.334 e. The van der Waals surface area contributed by atoms with Crippen molar-refractivity contribution in [2.45, 2.75) is 6.54 Å². The van der Waals surface area contributed by atoms with Crippen LogP contribution in [0.15, 0.2) is 73.1 Å². The molecule has 1 heterocycles. The first kappa shape index (κ1) is 14.5. The van der Waals surface area contributed by atoms with Crippen LogP contribution in [0.1, 0.15) is 5.82 Å². The summed E-state index contributed by atoms with van der Waals surface area (Å²) in [6.07, 6.45) is 2.82. The van der Waals surface area contributed by atoms with Crippen LogP contribution < -0.4 is 4.90 Å². The summed E-state index contributed by atoms with van der Waals surface area (Å²) in [5.74, 6) is 0.397. The maximum Gasteiger partial charge on any atom is 0.309 e. The molecule has 0 fully saturated rings. The van der Waals surface area contributed by atoms with E-state index in [-0.39, 0.29) is 0 Å². The van der Waals surface area contributed by atoms with E-state index in [9.17, 15) is 8.09 Å². The Labute approximate surface area is 130 Å². The van der Waals surface area contributed by atoms with Gasteiger partial charge < -0.3 is 4.90 Å². The summed E-state index contributed by atoms with van der Waals surface area (Å²) in [7, 11) is 0. The van der Waals surface area contributed by atoms with Gasteiger partial charge in [-0.25, -0.2) is 8.96 Å². The highest BCUT2D eigenvalue weighted by atomic mass is 32.2. The van der Waals surface area contributed by atoms with Crippen LogP contribution in [0.25, 0.3) is 0 Å². The van der Waals surface area contributed by atoms with Crippen molar-refractivity contribution in [3.8, 4) is 0 Å². The normalized spacial score (nSPS) is 12.0. The molecule has 0 bridgehead atoms. The number of rotatable bonds is 5. The van der Waals surface area contributed by atoms with Gasteiger partial charge in [0.15, 0.2) is 0 Å². The minimum absolute atomic E-state index is 0.316. The van der Waals surface area contributed by atoms with Gasteiger partial charge in [-0.1, -0.05) is 36.4 Å². The van der Waals surface area contributed by atoms with Gasteiger partial charge in [0.05, 0.1) is 6.54 Å². The molecule has 22 heavy (non-hydrogen) atoms. The number of halogens is 1. The summed E-state index contributed by atoms with van der Waals surface area (Å²) < 4.78 is 25.3. The van der Waals surface area contributed by atoms with Crippen molar-refractivity contribution < 1.29 is 8.09 Å². The second kappa shape index (κ2) is 6.53. The lowest BCUT2D eigenvalue weighted by atomic mass is 10.2. The quantitative estimate of drug-likeness (QED) is 0.675. The summed E-state index contributed by atoms with van der Waals surface area (Å²) in [6, 6.07) is 19.5. The number of benzene rings is 2. The lowest BCUT2D eigenvalue weighted by Crippen LogP contribution is -2.19. The molecule has 1 unspecified atom stereocenters. The molecule has 0 saturated heterocycles. The molecule has 0 spiro atoms. The predicted octanol–water partition coefficient (Wildman–Crippen LogP) is 3.62. The topological polar surface area (TPSA) is 38.1 Å². The van der Waals surface area contributed by atoms with Gasteiger partial charge in [-0.2, -0.15) is 4.21 Å². The molecule has 1 aromatic heterocycles. The van der Waals surface area contributed by atoms with Gasteiger partial charge in [-0.15, -0.1) is 3.89 Å². The van der Waals surface area contributed by atoms with Crippen LogP contribution in [0.3, 0.4) is 0 Å². The van der Waals surface area contributed by atoms with E-state index in [0.717, 1.165) is 15.3 Å². The second-order valence-corrected chi connectivity index (χ2v) is 5.44. The fourth-order valence-corrected chi connectivity index (χ4v) is 2.67. The third-order valence-electron chi connectivity index (χ3n) is 3.27. The van der Waals surface area contributed by atoms with Gasteiger partial charge >= 0.3 is 11.4 Å². The summed E-state index contributed by atoms with van der Waals surface area (Å²) in [4.78, 5) is 6.11. The lowest BCUT2D eigenvalue weighted by Gasteiger charge is -2.24. The van der Waals surface area contributed by atoms with E-state index in [4.69, 9.17) is 0 Å². The van der Waals surface area contributed by atoms with E-state index in [0.29, 0.717) is 12.4 Å². The molecule has 0 aliphatic carbocycles. The van der Waals surface area contributed by atoms with Crippen molar-refractivity contribution in [1.82, 2.24) is 8.96 Å². The van der Waals surface area contributed by atoms with Crippen molar-refractivity contribution in [2.24, 2.45) is 0 Å². The highest BCUT2D eigenvalue weighted by molar-refractivity contribution is 7.78.